The van der Waals surface area contributed by atoms with Gasteiger partial charge in [-0.1, -0.05) is 29.8 Å². The Bertz CT molecular complexity index is 2820. The topological polar surface area (TPSA) is 259 Å². The molecule has 22 heteroatoms. The average molecular weight is 1030 g/mol. The number of aryl methyl sites for hydroxylation is 1. The Hall–Kier alpha value is -6.52. The van der Waals surface area contributed by atoms with Gasteiger partial charge < -0.3 is 41.0 Å². The monoisotopic (exact) mass is 1030 g/mol. The summed E-state index contributed by atoms with van der Waals surface area (Å²) in [6.45, 7) is 12.6. The van der Waals surface area contributed by atoms with Crippen molar-refractivity contribution in [3.8, 4) is 5.75 Å². The molecule has 20 nitrogen and oxygen atoms in total. The molecule has 1 aromatic heterocycles. The molecule has 2 saturated heterocycles. The summed E-state index contributed by atoms with van der Waals surface area (Å²) in [7, 11) is -3.60. The van der Waals surface area contributed by atoms with Crippen LogP contribution in [0, 0.1) is 6.92 Å². The predicted molar refractivity (Wildman–Crippen MR) is 271 cm³/mol. The number of nitrogens with zero attached hydrogens (tertiary/aromatic N) is 4. The van der Waals surface area contributed by atoms with E-state index in [0.717, 1.165) is 36.4 Å². The van der Waals surface area contributed by atoms with E-state index in [1.54, 1.807) is 38.1 Å². The number of halogens is 1. The Labute approximate surface area is 423 Å². The van der Waals surface area contributed by atoms with Crippen molar-refractivity contribution in [3.63, 3.8) is 0 Å². The number of carbonyl (C=O) groups excluding carboxylic acids is 6. The number of fused-ring (bicyclic) bond motifs is 1. The number of anilines is 5. The largest absolute Gasteiger partial charge is 0.489 e. The molecule has 0 saturated carbocycles. The van der Waals surface area contributed by atoms with Gasteiger partial charge in [0.25, 0.3) is 11.8 Å². The van der Waals surface area contributed by atoms with Crippen molar-refractivity contribution >= 4 is 85.7 Å². The third-order valence-corrected chi connectivity index (χ3v) is 15.0. The fraction of sp³-hybridized carbons (Fsp3) is 0.440. The lowest BCUT2D eigenvalue weighted by molar-refractivity contribution is -0.136. The van der Waals surface area contributed by atoms with Crippen LogP contribution in [0.1, 0.15) is 97.6 Å². The lowest BCUT2D eigenvalue weighted by Crippen LogP contribution is -2.54. The van der Waals surface area contributed by atoms with E-state index in [1.165, 1.54) is 30.0 Å². The third kappa shape index (κ3) is 12.9. The molecule has 3 aliphatic heterocycles. The average Bonchev–Trinajstić information content (AvgIpc) is 3.59. The number of hydrogen-bond donors (Lipinski definition) is 6. The zero-order valence-electron chi connectivity index (χ0n) is 40.9. The van der Waals surface area contributed by atoms with Gasteiger partial charge in [-0.05, 0) is 120 Å². The van der Waals surface area contributed by atoms with E-state index in [2.05, 4.69) is 59.8 Å². The van der Waals surface area contributed by atoms with Gasteiger partial charge in [0.1, 0.15) is 16.8 Å². The molecular weight excluding hydrogens is 968 g/mol. The number of benzene rings is 3. The van der Waals surface area contributed by atoms with Crippen molar-refractivity contribution in [2.24, 2.45) is 0 Å². The standard InChI is InChI=1S/C50H61ClN10O10S/c1-29(2)71-40-26-34(31(5)25-38(40)57-50-54-27-35(51)46(59-50)56-36-10-6-7-12-41(36)72(68,69)30(3)4)32-15-20-60(21-16-32)22-17-42(62)53-19-24-70-23-18-52-28-44(64)55-37-11-8-9-33-45(37)49(67)61(48(33)66)39-13-14-43(63)58-47(39)65/h6-12,25-27,29-30,32,39,52H,13-24,28H2,1-5H3,(H,53,62)(H,55,64)(H,58,63,65)(H2,54,56,57,59). The first-order valence-corrected chi connectivity index (χ1v) is 26.0. The molecule has 3 aliphatic rings. The molecule has 4 heterocycles. The highest BCUT2D eigenvalue weighted by Crippen LogP contribution is 2.39. The number of rotatable bonds is 22. The van der Waals surface area contributed by atoms with Gasteiger partial charge in [-0.3, -0.25) is 39.0 Å². The van der Waals surface area contributed by atoms with Crippen molar-refractivity contribution < 1.29 is 46.7 Å². The molecule has 7 rings (SSSR count). The van der Waals surface area contributed by atoms with Crippen LogP contribution >= 0.6 is 11.6 Å². The van der Waals surface area contributed by atoms with Crippen molar-refractivity contribution in [1.82, 2.24) is 35.7 Å². The van der Waals surface area contributed by atoms with Crippen molar-refractivity contribution in [3.05, 3.63) is 88.1 Å². The second-order valence-electron chi connectivity index (χ2n) is 18.3. The number of sulfone groups is 1. The molecule has 1 atom stereocenters. The van der Waals surface area contributed by atoms with E-state index in [4.69, 9.17) is 21.1 Å². The second kappa shape index (κ2) is 23.8. The van der Waals surface area contributed by atoms with Crippen LogP contribution in [0.25, 0.3) is 0 Å². The number of hydrogen-bond acceptors (Lipinski definition) is 16. The Morgan fingerprint density at radius 2 is 1.62 bits per heavy atom. The van der Waals surface area contributed by atoms with Crippen LogP contribution in [0.15, 0.2) is 65.7 Å². The van der Waals surface area contributed by atoms with Crippen LogP contribution in [-0.2, 0) is 33.8 Å². The molecule has 6 N–H and O–H groups in total. The van der Waals surface area contributed by atoms with Gasteiger partial charge in [0.05, 0.1) is 70.4 Å². The van der Waals surface area contributed by atoms with E-state index in [-0.39, 0.29) is 89.0 Å². The maximum Gasteiger partial charge on any atom is 0.264 e. The number of piperidine rings is 2. The third-order valence-electron chi connectivity index (χ3n) is 12.5. The molecule has 0 radical (unpaired) electrons. The predicted octanol–water partition coefficient (Wildman–Crippen LogP) is 5.23. The summed E-state index contributed by atoms with van der Waals surface area (Å²) in [5.41, 5.74) is 3.48. The highest BCUT2D eigenvalue weighted by molar-refractivity contribution is 7.92. The van der Waals surface area contributed by atoms with Crippen LogP contribution in [-0.4, -0.2) is 134 Å². The van der Waals surface area contributed by atoms with Crippen molar-refractivity contribution in [1.29, 1.82) is 0 Å². The summed E-state index contributed by atoms with van der Waals surface area (Å²) in [6.07, 6.45) is 3.51. The fourth-order valence-corrected chi connectivity index (χ4v) is 10.1. The van der Waals surface area contributed by atoms with Gasteiger partial charge in [-0.2, -0.15) is 4.98 Å². The minimum absolute atomic E-state index is 0.000609. The second-order valence-corrected chi connectivity index (χ2v) is 21.2. The lowest BCUT2D eigenvalue weighted by atomic mass is 9.86. The van der Waals surface area contributed by atoms with Gasteiger partial charge >= 0.3 is 0 Å². The minimum Gasteiger partial charge on any atom is -0.489 e. The molecule has 0 bridgehead atoms. The number of aromatic nitrogens is 2. The van der Waals surface area contributed by atoms with Crippen LogP contribution < -0.4 is 36.6 Å². The Morgan fingerprint density at radius 3 is 2.36 bits per heavy atom. The van der Waals surface area contributed by atoms with E-state index >= 15 is 0 Å². The van der Waals surface area contributed by atoms with Crippen molar-refractivity contribution in [2.75, 3.05) is 68.4 Å². The summed E-state index contributed by atoms with van der Waals surface area (Å²) >= 11 is 6.50. The van der Waals surface area contributed by atoms with Crippen LogP contribution in [0.3, 0.4) is 0 Å². The maximum atomic E-state index is 13.3. The summed E-state index contributed by atoms with van der Waals surface area (Å²) in [6, 6.07) is 14.1. The molecule has 4 aromatic rings. The molecule has 384 valence electrons. The van der Waals surface area contributed by atoms with Gasteiger partial charge in [0, 0.05) is 32.5 Å². The van der Waals surface area contributed by atoms with Crippen LogP contribution in [0.4, 0.5) is 28.8 Å². The molecule has 1 unspecified atom stereocenters. The molecule has 2 fully saturated rings. The van der Waals surface area contributed by atoms with Crippen LogP contribution in [0.2, 0.25) is 5.02 Å². The summed E-state index contributed by atoms with van der Waals surface area (Å²) in [5, 5.41) is 16.7. The number of ether oxygens (including phenoxy) is 2. The summed E-state index contributed by atoms with van der Waals surface area (Å²) in [5.74, 6) is -1.69. The first-order chi connectivity index (χ1) is 34.4. The first-order valence-electron chi connectivity index (χ1n) is 24.0. The van der Waals surface area contributed by atoms with Gasteiger partial charge in [-0.25, -0.2) is 13.4 Å². The minimum atomic E-state index is -3.60. The van der Waals surface area contributed by atoms with Crippen LogP contribution in [0.5, 0.6) is 5.75 Å². The van der Waals surface area contributed by atoms with Gasteiger partial charge in [-0.15, -0.1) is 0 Å². The molecule has 0 spiro atoms. The molecule has 0 aliphatic carbocycles. The fourth-order valence-electron chi connectivity index (χ4n) is 8.77. The van der Waals surface area contributed by atoms with E-state index < -0.39 is 50.7 Å². The van der Waals surface area contributed by atoms with Gasteiger partial charge in [0.15, 0.2) is 15.7 Å². The quantitative estimate of drug-likeness (QED) is 0.0435. The van der Waals surface area contributed by atoms with E-state index in [0.29, 0.717) is 43.2 Å². The molecule has 6 amide bonds. The maximum absolute atomic E-state index is 13.3. The smallest absolute Gasteiger partial charge is 0.264 e. The number of nitrogens with one attached hydrogen (secondary N) is 6. The Kier molecular flexibility index (Phi) is 17.6. The van der Waals surface area contributed by atoms with E-state index in [1.807, 2.05) is 19.9 Å². The Morgan fingerprint density at radius 1 is 0.889 bits per heavy atom. The first kappa shape index (κ1) is 53.3. The summed E-state index contributed by atoms with van der Waals surface area (Å²) in [4.78, 5) is 88.1. The number of para-hydroxylation sites is 1. The zero-order chi connectivity index (χ0) is 51.7. The Balaban J connectivity index is 0.807. The number of likely N-dealkylation sites (tertiary alicyclic amines) is 1. The zero-order valence-corrected chi connectivity index (χ0v) is 42.5. The molecule has 3 aromatic carbocycles. The SMILES string of the molecule is Cc1cc(Nc2ncc(Cl)c(Nc3ccccc3S(=O)(=O)C(C)C)n2)c(OC(C)C)cc1C1CCN(CCC(=O)NCCOCCNCC(=O)Nc2cccc3c2C(=O)N(C2CCC(=O)NC2=O)C3=O)CC1. The number of amides is 6. The highest BCUT2D eigenvalue weighted by Gasteiger charge is 2.45. The highest BCUT2D eigenvalue weighted by atomic mass is 35.5. The number of imide groups is 2. The summed E-state index contributed by atoms with van der Waals surface area (Å²) < 4.78 is 38.1. The molecule has 72 heavy (non-hydrogen) atoms. The van der Waals surface area contributed by atoms with Crippen molar-refractivity contribution in [2.45, 2.75) is 94.9 Å². The lowest BCUT2D eigenvalue weighted by Gasteiger charge is -2.33. The van der Waals surface area contributed by atoms with E-state index in [9.17, 15) is 37.2 Å². The number of carbonyl (C=O) groups is 6. The van der Waals surface area contributed by atoms with Gasteiger partial charge in [0.2, 0.25) is 29.6 Å². The molecular formula is C50H61ClN10O10S. The normalized spacial score (nSPS) is 16.5.